The normalized spacial score (nSPS) is 12.0. The molecule has 0 aliphatic carbocycles. The summed E-state index contributed by atoms with van der Waals surface area (Å²) in [5, 5.41) is 14.7. The Labute approximate surface area is 145 Å². The lowest BCUT2D eigenvalue weighted by molar-refractivity contribution is 0.0924. The molecule has 0 fully saturated rings. The van der Waals surface area contributed by atoms with Crippen molar-refractivity contribution in [3.05, 3.63) is 56.2 Å². The van der Waals surface area contributed by atoms with Gasteiger partial charge in [0.05, 0.1) is 11.4 Å². The summed E-state index contributed by atoms with van der Waals surface area (Å²) in [6, 6.07) is 5.85. The van der Waals surface area contributed by atoms with Gasteiger partial charge < -0.3 is 9.73 Å². The lowest BCUT2D eigenvalue weighted by Crippen LogP contribution is -2.40. The van der Waals surface area contributed by atoms with E-state index >= 15 is 0 Å². The van der Waals surface area contributed by atoms with Crippen LogP contribution in [0.25, 0.3) is 10.8 Å². The van der Waals surface area contributed by atoms with Crippen LogP contribution in [0.15, 0.2) is 43.7 Å². The van der Waals surface area contributed by atoms with Crippen LogP contribution in [0.1, 0.15) is 23.8 Å². The standard InChI is InChI=1S/C15H15N5O4S/c1-2-9(16-13(22)10-5-6-12(21)18-17-10)8-20-15(23)24-14(19-20)11-4-3-7-25-11/h3-7,9H,2,8H2,1H3,(H,16,22)(H,18,21)/t9-/m0/s1. The Morgan fingerprint density at radius 3 is 2.88 bits per heavy atom. The minimum Gasteiger partial charge on any atom is -0.387 e. The van der Waals surface area contributed by atoms with Crippen LogP contribution in [0.2, 0.25) is 0 Å². The molecule has 3 heterocycles. The van der Waals surface area contributed by atoms with Gasteiger partial charge in [-0.15, -0.1) is 16.4 Å². The molecule has 10 heteroatoms. The maximum absolute atomic E-state index is 12.2. The third-order valence-electron chi connectivity index (χ3n) is 3.47. The molecule has 1 atom stereocenters. The van der Waals surface area contributed by atoms with Crippen LogP contribution >= 0.6 is 11.3 Å². The maximum Gasteiger partial charge on any atom is 0.437 e. The Balaban J connectivity index is 1.72. The molecule has 0 unspecified atom stereocenters. The van der Waals surface area contributed by atoms with E-state index in [2.05, 4.69) is 20.6 Å². The Morgan fingerprint density at radius 1 is 1.40 bits per heavy atom. The summed E-state index contributed by atoms with van der Waals surface area (Å²) in [4.78, 5) is 35.9. The van der Waals surface area contributed by atoms with Crippen molar-refractivity contribution in [2.45, 2.75) is 25.9 Å². The lowest BCUT2D eigenvalue weighted by Gasteiger charge is -2.15. The number of thiophene rings is 1. The summed E-state index contributed by atoms with van der Waals surface area (Å²) >= 11 is 1.42. The van der Waals surface area contributed by atoms with Gasteiger partial charge in [-0.05, 0) is 23.9 Å². The molecule has 0 aromatic carbocycles. The number of H-pyrrole nitrogens is 1. The summed E-state index contributed by atoms with van der Waals surface area (Å²) in [5.74, 6) is -0.778. The van der Waals surface area contributed by atoms with Crippen molar-refractivity contribution >= 4 is 17.2 Å². The van der Waals surface area contributed by atoms with Crippen molar-refractivity contribution in [1.82, 2.24) is 25.3 Å². The first kappa shape index (κ1) is 16.8. The number of amides is 1. The molecule has 0 spiro atoms. The summed E-state index contributed by atoms with van der Waals surface area (Å²) < 4.78 is 6.33. The van der Waals surface area contributed by atoms with E-state index in [-0.39, 0.29) is 29.7 Å². The Morgan fingerprint density at radius 2 is 2.24 bits per heavy atom. The minimum absolute atomic E-state index is 0.0878. The summed E-state index contributed by atoms with van der Waals surface area (Å²) in [6.45, 7) is 2.04. The van der Waals surface area contributed by atoms with E-state index in [1.807, 2.05) is 18.4 Å². The SMILES string of the molecule is CC[C@@H](Cn1nc(-c2cccs2)oc1=O)NC(=O)c1ccc(=O)[nH]n1. The van der Waals surface area contributed by atoms with Crippen molar-refractivity contribution < 1.29 is 9.21 Å². The van der Waals surface area contributed by atoms with Crippen molar-refractivity contribution in [1.29, 1.82) is 0 Å². The van der Waals surface area contributed by atoms with Crippen molar-refractivity contribution in [3.63, 3.8) is 0 Å². The number of nitrogens with zero attached hydrogens (tertiary/aromatic N) is 3. The van der Waals surface area contributed by atoms with Gasteiger partial charge in [-0.3, -0.25) is 9.59 Å². The zero-order valence-corrected chi connectivity index (χ0v) is 14.1. The summed E-state index contributed by atoms with van der Waals surface area (Å²) in [6.07, 6.45) is 0.572. The highest BCUT2D eigenvalue weighted by Gasteiger charge is 2.18. The summed E-state index contributed by atoms with van der Waals surface area (Å²) in [5.41, 5.74) is -0.302. The smallest absolute Gasteiger partial charge is 0.387 e. The van der Waals surface area contributed by atoms with Crippen LogP contribution in [-0.2, 0) is 6.54 Å². The van der Waals surface area contributed by atoms with Crippen LogP contribution in [0.4, 0.5) is 0 Å². The van der Waals surface area contributed by atoms with E-state index in [1.165, 1.54) is 28.2 Å². The van der Waals surface area contributed by atoms with Gasteiger partial charge in [-0.2, -0.15) is 9.78 Å². The monoisotopic (exact) mass is 361 g/mol. The molecule has 0 aliphatic heterocycles. The zero-order valence-electron chi connectivity index (χ0n) is 13.3. The number of aromatic amines is 1. The molecule has 0 aliphatic rings. The second-order valence-electron chi connectivity index (χ2n) is 5.22. The van der Waals surface area contributed by atoms with E-state index in [9.17, 15) is 14.4 Å². The molecule has 25 heavy (non-hydrogen) atoms. The second kappa shape index (κ2) is 7.26. The van der Waals surface area contributed by atoms with Gasteiger partial charge in [0.25, 0.3) is 17.4 Å². The van der Waals surface area contributed by atoms with Gasteiger partial charge in [-0.1, -0.05) is 13.0 Å². The predicted molar refractivity (Wildman–Crippen MR) is 90.5 cm³/mol. The van der Waals surface area contributed by atoms with Crippen LogP contribution in [0, 0.1) is 0 Å². The number of hydrogen-bond donors (Lipinski definition) is 2. The number of rotatable bonds is 6. The van der Waals surface area contributed by atoms with Crippen LogP contribution in [0.3, 0.4) is 0 Å². The third kappa shape index (κ3) is 3.91. The molecule has 0 radical (unpaired) electrons. The van der Waals surface area contributed by atoms with Gasteiger partial charge in [0.2, 0.25) is 0 Å². The minimum atomic E-state index is -0.585. The van der Waals surface area contributed by atoms with Crippen molar-refractivity contribution in [2.75, 3.05) is 0 Å². The molecule has 3 aromatic rings. The van der Waals surface area contributed by atoms with Gasteiger partial charge >= 0.3 is 5.76 Å². The molecule has 1 amide bonds. The Kier molecular flexibility index (Phi) is 4.89. The highest BCUT2D eigenvalue weighted by atomic mass is 32.1. The zero-order chi connectivity index (χ0) is 17.8. The van der Waals surface area contributed by atoms with E-state index in [0.29, 0.717) is 6.42 Å². The first-order chi connectivity index (χ1) is 12.1. The number of aromatic nitrogens is 4. The molecule has 130 valence electrons. The third-order valence-corrected chi connectivity index (χ3v) is 4.33. The fraction of sp³-hybridized carbons (Fsp3) is 0.267. The van der Waals surface area contributed by atoms with E-state index < -0.39 is 11.7 Å². The Bertz CT molecular complexity index is 952. The van der Waals surface area contributed by atoms with Gasteiger partial charge in [0.15, 0.2) is 0 Å². The number of nitrogens with one attached hydrogen (secondary N) is 2. The van der Waals surface area contributed by atoms with Crippen LogP contribution in [0.5, 0.6) is 0 Å². The van der Waals surface area contributed by atoms with Gasteiger partial charge in [-0.25, -0.2) is 9.89 Å². The average Bonchev–Trinajstić information content (AvgIpc) is 3.25. The van der Waals surface area contributed by atoms with Crippen molar-refractivity contribution in [2.24, 2.45) is 0 Å². The molecule has 9 nitrogen and oxygen atoms in total. The number of hydrogen-bond acceptors (Lipinski definition) is 7. The Hall–Kier alpha value is -3.01. The largest absolute Gasteiger partial charge is 0.437 e. The van der Waals surface area contributed by atoms with E-state index in [4.69, 9.17) is 4.42 Å². The quantitative estimate of drug-likeness (QED) is 0.671. The van der Waals surface area contributed by atoms with Gasteiger partial charge in [0.1, 0.15) is 5.69 Å². The van der Waals surface area contributed by atoms with E-state index in [1.54, 1.807) is 6.07 Å². The first-order valence-electron chi connectivity index (χ1n) is 7.55. The van der Waals surface area contributed by atoms with Crippen LogP contribution < -0.4 is 16.6 Å². The number of carbonyl (C=O) groups is 1. The highest BCUT2D eigenvalue weighted by molar-refractivity contribution is 7.13. The first-order valence-corrected chi connectivity index (χ1v) is 8.43. The predicted octanol–water partition coefficient (Wildman–Crippen LogP) is 0.857. The lowest BCUT2D eigenvalue weighted by atomic mass is 10.2. The fourth-order valence-electron chi connectivity index (χ4n) is 2.14. The summed E-state index contributed by atoms with van der Waals surface area (Å²) in [7, 11) is 0. The van der Waals surface area contributed by atoms with Crippen molar-refractivity contribution in [3.8, 4) is 10.8 Å². The topological polar surface area (TPSA) is 123 Å². The van der Waals surface area contributed by atoms with E-state index in [0.717, 1.165) is 4.88 Å². The molecule has 3 rings (SSSR count). The van der Waals surface area contributed by atoms with Crippen LogP contribution in [-0.4, -0.2) is 31.9 Å². The molecular formula is C15H15N5O4S. The average molecular weight is 361 g/mol. The number of carbonyl (C=O) groups excluding carboxylic acids is 1. The molecule has 3 aromatic heterocycles. The van der Waals surface area contributed by atoms with Gasteiger partial charge in [0, 0.05) is 12.1 Å². The highest BCUT2D eigenvalue weighted by Crippen LogP contribution is 2.21. The molecule has 2 N–H and O–H groups in total. The molecule has 0 saturated carbocycles. The molecule has 0 saturated heterocycles. The fourth-order valence-corrected chi connectivity index (χ4v) is 2.78. The second-order valence-corrected chi connectivity index (χ2v) is 6.17. The maximum atomic E-state index is 12.2. The molecular weight excluding hydrogens is 346 g/mol. The molecule has 0 bridgehead atoms.